The topological polar surface area (TPSA) is 84.9 Å². The van der Waals surface area contributed by atoms with Gasteiger partial charge in [-0.05, 0) is 69.2 Å². The average Bonchev–Trinajstić information content (AvgIpc) is 2.71. The summed E-state index contributed by atoms with van der Waals surface area (Å²) in [5.74, 6) is 0.0933. The minimum atomic E-state index is -3.70. The van der Waals surface area contributed by atoms with Crippen LogP contribution >= 0.6 is 0 Å². The summed E-state index contributed by atoms with van der Waals surface area (Å²) in [5, 5.41) is 2.82. The van der Waals surface area contributed by atoms with Crippen LogP contribution in [0.25, 0.3) is 0 Å². The Bertz CT molecular complexity index is 1030. The lowest BCUT2D eigenvalue weighted by Crippen LogP contribution is -2.40. The van der Waals surface area contributed by atoms with Gasteiger partial charge in [0.05, 0.1) is 29.9 Å². The van der Waals surface area contributed by atoms with Crippen LogP contribution in [0, 0.1) is 13.8 Å². The number of carbonyl (C=O) groups excluding carboxylic acids is 1. The van der Waals surface area contributed by atoms with Crippen molar-refractivity contribution in [1.82, 2.24) is 4.31 Å². The molecule has 1 saturated heterocycles. The van der Waals surface area contributed by atoms with Crippen LogP contribution in [0.2, 0.25) is 0 Å². The van der Waals surface area contributed by atoms with E-state index in [1.807, 2.05) is 39.8 Å². The van der Waals surface area contributed by atoms with Gasteiger partial charge in [-0.1, -0.05) is 6.07 Å². The molecular weight excluding hydrogens is 404 g/mol. The summed E-state index contributed by atoms with van der Waals surface area (Å²) in [7, 11) is -3.70. The van der Waals surface area contributed by atoms with Crippen LogP contribution in [-0.2, 0) is 14.8 Å². The summed E-state index contributed by atoms with van der Waals surface area (Å²) in [6.45, 7) is 8.99. The monoisotopic (exact) mass is 432 g/mol. The van der Waals surface area contributed by atoms with Gasteiger partial charge in [0.1, 0.15) is 5.75 Å². The predicted molar refractivity (Wildman–Crippen MR) is 116 cm³/mol. The van der Waals surface area contributed by atoms with E-state index in [1.165, 1.54) is 16.4 Å². The summed E-state index contributed by atoms with van der Waals surface area (Å²) >= 11 is 0. The third kappa shape index (κ3) is 5.00. The van der Waals surface area contributed by atoms with Gasteiger partial charge in [-0.15, -0.1) is 0 Å². The van der Waals surface area contributed by atoms with E-state index in [-0.39, 0.29) is 16.9 Å². The number of carbonyl (C=O) groups is 1. The molecule has 0 aromatic heterocycles. The van der Waals surface area contributed by atoms with Crippen molar-refractivity contribution in [2.24, 2.45) is 0 Å². The van der Waals surface area contributed by atoms with Crippen molar-refractivity contribution in [3.63, 3.8) is 0 Å². The Balaban J connectivity index is 1.94. The van der Waals surface area contributed by atoms with Gasteiger partial charge in [-0.3, -0.25) is 4.79 Å². The molecule has 1 heterocycles. The molecule has 0 atom stereocenters. The normalized spacial score (nSPS) is 15.2. The van der Waals surface area contributed by atoms with Crippen molar-refractivity contribution >= 4 is 21.6 Å². The van der Waals surface area contributed by atoms with E-state index in [0.717, 1.165) is 11.1 Å². The van der Waals surface area contributed by atoms with Gasteiger partial charge < -0.3 is 14.8 Å². The van der Waals surface area contributed by atoms with E-state index in [2.05, 4.69) is 5.32 Å². The Labute approximate surface area is 178 Å². The molecule has 2 aromatic carbocycles. The number of sulfonamides is 1. The van der Waals surface area contributed by atoms with Crippen molar-refractivity contribution in [3.8, 4) is 5.75 Å². The number of ether oxygens (including phenoxy) is 2. The molecule has 0 bridgehead atoms. The summed E-state index contributed by atoms with van der Waals surface area (Å²) in [6.07, 6.45) is -0.135. The summed E-state index contributed by atoms with van der Waals surface area (Å²) in [5.41, 5.74) is 2.91. The molecule has 1 fully saturated rings. The molecule has 0 unspecified atom stereocenters. The summed E-state index contributed by atoms with van der Waals surface area (Å²) < 4.78 is 38.5. The van der Waals surface area contributed by atoms with Gasteiger partial charge in [0.2, 0.25) is 10.0 Å². The molecule has 7 nitrogen and oxygen atoms in total. The molecular formula is C22H28N2O5S. The smallest absolute Gasteiger partial charge is 0.255 e. The number of aryl methyl sites for hydroxylation is 2. The zero-order valence-electron chi connectivity index (χ0n) is 17.8. The number of hydrogen-bond donors (Lipinski definition) is 1. The molecule has 0 saturated carbocycles. The standard InChI is InChI=1S/C22H28N2O5S/c1-15(2)29-21-8-7-19(30(26,27)24-9-11-28-12-10-24)14-20(21)23-22(25)18-6-5-16(3)17(4)13-18/h5-8,13-15H,9-12H2,1-4H3,(H,23,25). The molecule has 1 aliphatic rings. The molecule has 1 aliphatic heterocycles. The number of anilines is 1. The van der Waals surface area contributed by atoms with E-state index >= 15 is 0 Å². The Morgan fingerprint density at radius 2 is 1.77 bits per heavy atom. The van der Waals surface area contributed by atoms with Crippen molar-refractivity contribution < 1.29 is 22.7 Å². The third-order valence-electron chi connectivity index (χ3n) is 4.94. The molecule has 2 aromatic rings. The SMILES string of the molecule is Cc1ccc(C(=O)Nc2cc(S(=O)(=O)N3CCOCC3)ccc2OC(C)C)cc1C. The van der Waals surface area contributed by atoms with Crippen molar-refractivity contribution in [2.45, 2.75) is 38.7 Å². The van der Waals surface area contributed by atoms with Crippen LogP contribution < -0.4 is 10.1 Å². The van der Waals surface area contributed by atoms with Crippen LogP contribution in [0.1, 0.15) is 35.3 Å². The number of rotatable bonds is 6. The fraction of sp³-hybridized carbons (Fsp3) is 0.409. The van der Waals surface area contributed by atoms with Crippen molar-refractivity contribution in [1.29, 1.82) is 0 Å². The molecule has 8 heteroatoms. The largest absolute Gasteiger partial charge is 0.489 e. The first-order valence-corrected chi connectivity index (χ1v) is 11.4. The minimum absolute atomic E-state index is 0.107. The van der Waals surface area contributed by atoms with Crippen LogP contribution in [0.4, 0.5) is 5.69 Å². The number of amides is 1. The molecule has 1 amide bonds. The number of benzene rings is 2. The van der Waals surface area contributed by atoms with Gasteiger partial charge in [0.25, 0.3) is 5.91 Å². The molecule has 3 rings (SSSR count). The van der Waals surface area contributed by atoms with Crippen LogP contribution in [-0.4, -0.2) is 51.0 Å². The maximum atomic E-state index is 13.0. The van der Waals surface area contributed by atoms with Crippen LogP contribution in [0.15, 0.2) is 41.3 Å². The highest BCUT2D eigenvalue weighted by molar-refractivity contribution is 7.89. The Morgan fingerprint density at radius 1 is 1.07 bits per heavy atom. The molecule has 30 heavy (non-hydrogen) atoms. The number of morpholine rings is 1. The Kier molecular flexibility index (Phi) is 6.80. The average molecular weight is 433 g/mol. The Morgan fingerprint density at radius 3 is 2.40 bits per heavy atom. The first-order chi connectivity index (χ1) is 14.2. The van der Waals surface area contributed by atoms with E-state index < -0.39 is 10.0 Å². The fourth-order valence-corrected chi connectivity index (χ4v) is 4.57. The molecule has 0 aliphatic carbocycles. The van der Waals surface area contributed by atoms with E-state index in [1.54, 1.807) is 12.1 Å². The zero-order chi connectivity index (χ0) is 21.9. The second-order valence-electron chi connectivity index (χ2n) is 7.59. The first kappa shape index (κ1) is 22.3. The third-order valence-corrected chi connectivity index (χ3v) is 6.83. The van der Waals surface area contributed by atoms with Crippen molar-refractivity contribution in [3.05, 3.63) is 53.1 Å². The zero-order valence-corrected chi connectivity index (χ0v) is 18.6. The predicted octanol–water partition coefficient (Wildman–Crippen LogP) is 3.36. The minimum Gasteiger partial charge on any atom is -0.489 e. The second kappa shape index (κ2) is 9.16. The van der Waals surface area contributed by atoms with Gasteiger partial charge in [0.15, 0.2) is 0 Å². The highest BCUT2D eigenvalue weighted by Gasteiger charge is 2.27. The molecule has 0 spiro atoms. The van der Waals surface area contributed by atoms with Gasteiger partial charge >= 0.3 is 0 Å². The van der Waals surface area contributed by atoms with Gasteiger partial charge in [0, 0.05) is 18.7 Å². The highest BCUT2D eigenvalue weighted by atomic mass is 32.2. The summed E-state index contributed by atoms with van der Waals surface area (Å²) in [4.78, 5) is 12.9. The number of nitrogens with zero attached hydrogens (tertiary/aromatic N) is 1. The second-order valence-corrected chi connectivity index (χ2v) is 9.53. The van der Waals surface area contributed by atoms with Gasteiger partial charge in [-0.2, -0.15) is 4.31 Å². The number of hydrogen-bond acceptors (Lipinski definition) is 5. The molecule has 162 valence electrons. The van der Waals surface area contributed by atoms with E-state index in [9.17, 15) is 13.2 Å². The lowest BCUT2D eigenvalue weighted by atomic mass is 10.1. The Hall–Kier alpha value is -2.42. The quantitative estimate of drug-likeness (QED) is 0.757. The van der Waals surface area contributed by atoms with Crippen molar-refractivity contribution in [2.75, 3.05) is 31.6 Å². The van der Waals surface area contributed by atoms with Gasteiger partial charge in [-0.25, -0.2) is 8.42 Å². The molecule has 1 N–H and O–H groups in total. The summed E-state index contributed by atoms with van der Waals surface area (Å²) in [6, 6.07) is 9.99. The maximum Gasteiger partial charge on any atom is 0.255 e. The first-order valence-electron chi connectivity index (χ1n) is 9.95. The molecule has 0 radical (unpaired) electrons. The lowest BCUT2D eigenvalue weighted by molar-refractivity contribution is 0.0730. The number of nitrogens with one attached hydrogen (secondary N) is 1. The maximum absolute atomic E-state index is 13.0. The van der Waals surface area contributed by atoms with Crippen LogP contribution in [0.3, 0.4) is 0 Å². The van der Waals surface area contributed by atoms with E-state index in [4.69, 9.17) is 9.47 Å². The lowest BCUT2D eigenvalue weighted by Gasteiger charge is -2.26. The van der Waals surface area contributed by atoms with Crippen LogP contribution in [0.5, 0.6) is 5.75 Å². The highest BCUT2D eigenvalue weighted by Crippen LogP contribution is 2.31. The van der Waals surface area contributed by atoms with E-state index in [0.29, 0.717) is 43.3 Å². The fourth-order valence-electron chi connectivity index (χ4n) is 3.14.